The molecule has 0 bridgehead atoms. The molecule has 1 aliphatic rings. The molecule has 0 spiro atoms. The van der Waals surface area contributed by atoms with Gasteiger partial charge in [-0.25, -0.2) is 0 Å². The number of ether oxygens (including phenoxy) is 1. The zero-order chi connectivity index (χ0) is 14.8. The van der Waals surface area contributed by atoms with Crippen molar-refractivity contribution in [3.8, 4) is 0 Å². The molecule has 1 heterocycles. The molecule has 0 aliphatic carbocycles. The van der Waals surface area contributed by atoms with Crippen molar-refractivity contribution in [2.24, 2.45) is 0 Å². The Morgan fingerprint density at radius 1 is 1.45 bits per heavy atom. The third kappa shape index (κ3) is 4.21. The topological polar surface area (TPSA) is 29.5 Å². The summed E-state index contributed by atoms with van der Waals surface area (Å²) in [5.74, 6) is 0.532. The number of nitrogens with zero attached hydrogens (tertiary/aromatic N) is 1. The van der Waals surface area contributed by atoms with E-state index in [0.29, 0.717) is 25.4 Å². The fourth-order valence-corrected chi connectivity index (χ4v) is 2.88. The van der Waals surface area contributed by atoms with Crippen LogP contribution in [0.25, 0.3) is 0 Å². The molecular weight excluding hydrogens is 342 g/mol. The molecular formula is C15H19BrClNO2. The van der Waals surface area contributed by atoms with Crippen LogP contribution in [0.2, 0.25) is 0 Å². The minimum absolute atomic E-state index is 0.0886. The van der Waals surface area contributed by atoms with Crippen LogP contribution in [0.1, 0.15) is 19.4 Å². The van der Waals surface area contributed by atoms with Gasteiger partial charge in [0.1, 0.15) is 0 Å². The van der Waals surface area contributed by atoms with E-state index in [4.69, 9.17) is 16.3 Å². The van der Waals surface area contributed by atoms with E-state index in [1.54, 1.807) is 0 Å². The van der Waals surface area contributed by atoms with Crippen molar-refractivity contribution in [2.75, 3.05) is 19.0 Å². The van der Waals surface area contributed by atoms with Crippen LogP contribution in [0.3, 0.4) is 0 Å². The van der Waals surface area contributed by atoms with E-state index < -0.39 is 0 Å². The van der Waals surface area contributed by atoms with Gasteiger partial charge < -0.3 is 9.64 Å². The molecule has 1 aromatic carbocycles. The molecule has 1 saturated heterocycles. The summed E-state index contributed by atoms with van der Waals surface area (Å²) in [5, 5.41) is 0. The molecule has 1 fully saturated rings. The summed E-state index contributed by atoms with van der Waals surface area (Å²) in [6.45, 7) is 5.16. The molecule has 0 saturated carbocycles. The van der Waals surface area contributed by atoms with Crippen LogP contribution >= 0.6 is 27.5 Å². The van der Waals surface area contributed by atoms with Crippen LogP contribution in [0.15, 0.2) is 28.7 Å². The van der Waals surface area contributed by atoms with Gasteiger partial charge in [-0.05, 0) is 31.5 Å². The third-order valence-corrected chi connectivity index (χ3v) is 4.15. The number of carbonyl (C=O) groups is 1. The Kier molecular flexibility index (Phi) is 5.10. The number of hydrogen-bond donors (Lipinski definition) is 0. The lowest BCUT2D eigenvalue weighted by Crippen LogP contribution is -2.55. The first-order valence-corrected chi connectivity index (χ1v) is 7.98. The number of amides is 1. The van der Waals surface area contributed by atoms with Gasteiger partial charge in [0.2, 0.25) is 5.91 Å². The quantitative estimate of drug-likeness (QED) is 0.775. The van der Waals surface area contributed by atoms with Crippen molar-refractivity contribution in [1.82, 2.24) is 4.90 Å². The zero-order valence-electron chi connectivity index (χ0n) is 11.7. The second-order valence-electron chi connectivity index (χ2n) is 5.73. The lowest BCUT2D eigenvalue weighted by molar-refractivity contribution is -0.156. The SMILES string of the molecule is CC1(C)CN(C(=O)Cc2ccc(Br)cc2)CC(CCl)O1. The van der Waals surface area contributed by atoms with Crippen molar-refractivity contribution in [1.29, 1.82) is 0 Å². The maximum absolute atomic E-state index is 12.4. The molecule has 0 aromatic heterocycles. The highest BCUT2D eigenvalue weighted by atomic mass is 79.9. The Balaban J connectivity index is 2.02. The highest BCUT2D eigenvalue weighted by Crippen LogP contribution is 2.22. The molecule has 0 radical (unpaired) electrons. The van der Waals surface area contributed by atoms with E-state index in [1.165, 1.54) is 0 Å². The van der Waals surface area contributed by atoms with Crippen LogP contribution < -0.4 is 0 Å². The van der Waals surface area contributed by atoms with Crippen LogP contribution in [-0.4, -0.2) is 41.5 Å². The molecule has 0 N–H and O–H groups in total. The molecule has 2 rings (SSSR count). The lowest BCUT2D eigenvalue weighted by atomic mass is 10.0. The maximum atomic E-state index is 12.4. The summed E-state index contributed by atoms with van der Waals surface area (Å²) in [6.07, 6.45) is 0.326. The van der Waals surface area contributed by atoms with Crippen LogP contribution in [0, 0.1) is 0 Å². The number of benzene rings is 1. The molecule has 1 aromatic rings. The second-order valence-corrected chi connectivity index (χ2v) is 6.96. The number of hydrogen-bond acceptors (Lipinski definition) is 2. The molecule has 5 heteroatoms. The standard InChI is InChI=1S/C15H19BrClNO2/c1-15(2)10-18(9-13(8-17)20-15)14(19)7-11-3-5-12(16)6-4-11/h3-6,13H,7-10H2,1-2H3. The van der Waals surface area contributed by atoms with Crippen molar-refractivity contribution < 1.29 is 9.53 Å². The molecule has 20 heavy (non-hydrogen) atoms. The smallest absolute Gasteiger partial charge is 0.227 e. The van der Waals surface area contributed by atoms with Crippen LogP contribution in [0.4, 0.5) is 0 Å². The fraction of sp³-hybridized carbons (Fsp3) is 0.533. The summed E-state index contributed by atoms with van der Waals surface area (Å²) in [7, 11) is 0. The Hall–Kier alpha value is -0.580. The monoisotopic (exact) mass is 359 g/mol. The minimum Gasteiger partial charge on any atom is -0.367 e. The fourth-order valence-electron chi connectivity index (χ4n) is 2.45. The average molecular weight is 361 g/mol. The van der Waals surface area contributed by atoms with E-state index in [2.05, 4.69) is 15.9 Å². The second kappa shape index (κ2) is 6.46. The predicted molar refractivity (Wildman–Crippen MR) is 84.1 cm³/mol. The van der Waals surface area contributed by atoms with Gasteiger partial charge in [-0.1, -0.05) is 28.1 Å². The number of halogens is 2. The van der Waals surface area contributed by atoms with E-state index in [-0.39, 0.29) is 17.6 Å². The highest BCUT2D eigenvalue weighted by molar-refractivity contribution is 9.10. The third-order valence-electron chi connectivity index (χ3n) is 3.27. The van der Waals surface area contributed by atoms with Gasteiger partial charge in [0.15, 0.2) is 0 Å². The maximum Gasteiger partial charge on any atom is 0.227 e. The summed E-state index contributed by atoms with van der Waals surface area (Å²) in [6, 6.07) is 7.83. The minimum atomic E-state index is -0.340. The van der Waals surface area contributed by atoms with Crippen LogP contribution in [-0.2, 0) is 16.0 Å². The Morgan fingerprint density at radius 3 is 2.70 bits per heavy atom. The summed E-state index contributed by atoms with van der Waals surface area (Å²) >= 11 is 9.28. The summed E-state index contributed by atoms with van der Waals surface area (Å²) < 4.78 is 6.85. The van der Waals surface area contributed by atoms with Gasteiger partial charge >= 0.3 is 0 Å². The molecule has 1 aliphatic heterocycles. The number of carbonyl (C=O) groups excluding carboxylic acids is 1. The predicted octanol–water partition coefficient (Wildman–Crippen LogP) is 3.24. The van der Waals surface area contributed by atoms with Crippen LogP contribution in [0.5, 0.6) is 0 Å². The van der Waals surface area contributed by atoms with E-state index in [0.717, 1.165) is 10.0 Å². The Labute approximate surface area is 133 Å². The van der Waals surface area contributed by atoms with E-state index >= 15 is 0 Å². The summed E-state index contributed by atoms with van der Waals surface area (Å²) in [5.41, 5.74) is 0.678. The molecule has 3 nitrogen and oxygen atoms in total. The Bertz CT molecular complexity index is 475. The number of rotatable bonds is 3. The van der Waals surface area contributed by atoms with Crippen molar-refractivity contribution >= 4 is 33.4 Å². The molecule has 1 atom stereocenters. The van der Waals surface area contributed by atoms with E-state index in [1.807, 2.05) is 43.0 Å². The molecule has 1 unspecified atom stereocenters. The van der Waals surface area contributed by atoms with Crippen molar-refractivity contribution in [3.05, 3.63) is 34.3 Å². The van der Waals surface area contributed by atoms with Crippen molar-refractivity contribution in [3.63, 3.8) is 0 Å². The average Bonchev–Trinajstić information content (AvgIpc) is 2.39. The van der Waals surface area contributed by atoms with Gasteiger partial charge in [0, 0.05) is 17.6 Å². The van der Waals surface area contributed by atoms with Gasteiger partial charge in [0.05, 0.1) is 24.0 Å². The first-order chi connectivity index (χ1) is 9.39. The largest absolute Gasteiger partial charge is 0.367 e. The van der Waals surface area contributed by atoms with E-state index in [9.17, 15) is 4.79 Å². The normalized spacial score (nSPS) is 21.8. The molecule has 1 amide bonds. The van der Waals surface area contributed by atoms with Gasteiger partial charge in [0.25, 0.3) is 0 Å². The first-order valence-electron chi connectivity index (χ1n) is 6.65. The summed E-state index contributed by atoms with van der Waals surface area (Å²) in [4.78, 5) is 14.3. The first kappa shape index (κ1) is 15.8. The number of alkyl halides is 1. The van der Waals surface area contributed by atoms with Gasteiger partial charge in [-0.15, -0.1) is 11.6 Å². The van der Waals surface area contributed by atoms with Crippen molar-refractivity contribution in [2.45, 2.75) is 32.0 Å². The van der Waals surface area contributed by atoms with Gasteiger partial charge in [-0.2, -0.15) is 0 Å². The Morgan fingerprint density at radius 2 is 2.10 bits per heavy atom. The zero-order valence-corrected chi connectivity index (χ0v) is 14.1. The molecule has 110 valence electrons. The highest BCUT2D eigenvalue weighted by Gasteiger charge is 2.34. The number of morpholine rings is 1. The lowest BCUT2D eigenvalue weighted by Gasteiger charge is -2.42. The van der Waals surface area contributed by atoms with Gasteiger partial charge in [-0.3, -0.25) is 4.79 Å².